The first kappa shape index (κ1) is 19.2. The quantitative estimate of drug-likeness (QED) is 0.596. The van der Waals surface area contributed by atoms with Gasteiger partial charge in [0.2, 0.25) is 5.91 Å². The Balaban J connectivity index is 1.22. The van der Waals surface area contributed by atoms with Crippen LogP contribution in [0.1, 0.15) is 38.0 Å². The average molecular weight is 389 g/mol. The molecule has 2 heterocycles. The highest BCUT2D eigenvalue weighted by Gasteiger charge is 2.11. The lowest BCUT2D eigenvalue weighted by atomic mass is 10.1. The summed E-state index contributed by atoms with van der Waals surface area (Å²) in [7, 11) is 0. The van der Waals surface area contributed by atoms with E-state index in [2.05, 4.69) is 27.3 Å². The van der Waals surface area contributed by atoms with Crippen molar-refractivity contribution in [3.63, 3.8) is 0 Å². The van der Waals surface area contributed by atoms with Crippen molar-refractivity contribution in [2.24, 2.45) is 0 Å². The second kappa shape index (κ2) is 9.41. The Hall–Kier alpha value is -3.08. The number of hydrogen-bond donors (Lipinski definition) is 1. The summed E-state index contributed by atoms with van der Waals surface area (Å²) in [4.78, 5) is 19.0. The van der Waals surface area contributed by atoms with Gasteiger partial charge in [0.05, 0.1) is 6.20 Å². The molecule has 0 radical (unpaired) electrons. The largest absolute Gasteiger partial charge is 0.441 e. The molecular weight excluding hydrogens is 362 g/mol. The molecule has 2 aromatic carbocycles. The summed E-state index contributed by atoms with van der Waals surface area (Å²) < 4.78 is 5.79. The molecule has 1 fully saturated rings. The molecule has 0 unspecified atom stereocenters. The van der Waals surface area contributed by atoms with Gasteiger partial charge in [-0.25, -0.2) is 4.98 Å². The lowest BCUT2D eigenvalue weighted by molar-refractivity contribution is -0.116. The van der Waals surface area contributed by atoms with Crippen molar-refractivity contribution < 1.29 is 9.21 Å². The number of amides is 1. The van der Waals surface area contributed by atoms with E-state index < -0.39 is 0 Å². The molecule has 150 valence electrons. The van der Waals surface area contributed by atoms with Crippen LogP contribution in [0.3, 0.4) is 0 Å². The van der Waals surface area contributed by atoms with Crippen molar-refractivity contribution in [2.75, 3.05) is 23.3 Å². The Kier molecular flexibility index (Phi) is 6.25. The van der Waals surface area contributed by atoms with Crippen molar-refractivity contribution >= 4 is 17.3 Å². The maximum Gasteiger partial charge on any atom is 0.224 e. The van der Waals surface area contributed by atoms with Gasteiger partial charge in [-0.15, -0.1) is 0 Å². The molecule has 1 aliphatic rings. The zero-order chi connectivity index (χ0) is 19.9. The van der Waals surface area contributed by atoms with Crippen molar-refractivity contribution in [1.29, 1.82) is 0 Å². The third-order valence-electron chi connectivity index (χ3n) is 5.28. The van der Waals surface area contributed by atoms with Crippen molar-refractivity contribution in [3.8, 4) is 11.3 Å². The summed E-state index contributed by atoms with van der Waals surface area (Å²) >= 11 is 0. The smallest absolute Gasteiger partial charge is 0.224 e. The van der Waals surface area contributed by atoms with Gasteiger partial charge in [-0.05, 0) is 49.9 Å². The normalized spacial score (nSPS) is 14.0. The van der Waals surface area contributed by atoms with Crippen molar-refractivity contribution in [1.82, 2.24) is 4.98 Å². The minimum absolute atomic E-state index is 0.0190. The molecule has 0 bridgehead atoms. The molecule has 29 heavy (non-hydrogen) atoms. The molecule has 1 saturated heterocycles. The zero-order valence-corrected chi connectivity index (χ0v) is 16.6. The lowest BCUT2D eigenvalue weighted by Gasteiger charge is -2.28. The van der Waals surface area contributed by atoms with Crippen LogP contribution < -0.4 is 10.2 Å². The summed E-state index contributed by atoms with van der Waals surface area (Å²) in [5.41, 5.74) is 3.09. The number of aromatic nitrogens is 1. The molecule has 5 heteroatoms. The van der Waals surface area contributed by atoms with Crippen LogP contribution in [-0.4, -0.2) is 24.0 Å². The van der Waals surface area contributed by atoms with Gasteiger partial charge in [-0.1, -0.05) is 30.3 Å². The van der Waals surface area contributed by atoms with Crippen LogP contribution in [0.25, 0.3) is 11.3 Å². The predicted octanol–water partition coefficient (Wildman–Crippen LogP) is 5.29. The van der Waals surface area contributed by atoms with E-state index in [0.717, 1.165) is 30.1 Å². The molecule has 0 spiro atoms. The van der Waals surface area contributed by atoms with Crippen LogP contribution >= 0.6 is 0 Å². The monoisotopic (exact) mass is 389 g/mol. The van der Waals surface area contributed by atoms with Gasteiger partial charge in [0, 0.05) is 42.9 Å². The van der Waals surface area contributed by atoms with Gasteiger partial charge in [-0.3, -0.25) is 4.79 Å². The summed E-state index contributed by atoms with van der Waals surface area (Å²) in [6, 6.07) is 18.1. The number of carbonyl (C=O) groups excluding carboxylic acids is 1. The summed E-state index contributed by atoms with van der Waals surface area (Å²) in [5, 5.41) is 2.98. The molecule has 1 amide bonds. The molecule has 1 aliphatic heterocycles. The minimum atomic E-state index is 0.0190. The topological polar surface area (TPSA) is 58.4 Å². The molecular formula is C24H27N3O2. The summed E-state index contributed by atoms with van der Waals surface area (Å²) in [6.45, 7) is 2.25. The molecule has 5 nitrogen and oxygen atoms in total. The van der Waals surface area contributed by atoms with E-state index in [1.54, 1.807) is 6.20 Å². The Bertz CT molecular complexity index is 913. The fourth-order valence-corrected chi connectivity index (χ4v) is 3.69. The van der Waals surface area contributed by atoms with Crippen LogP contribution in [0, 0.1) is 0 Å². The first-order chi connectivity index (χ1) is 14.3. The molecule has 0 aliphatic carbocycles. The van der Waals surface area contributed by atoms with Crippen LogP contribution in [0.5, 0.6) is 0 Å². The summed E-state index contributed by atoms with van der Waals surface area (Å²) in [6.07, 6.45) is 7.38. The molecule has 1 N–H and O–H groups in total. The SMILES string of the molecule is O=C(CCCc1ncc(-c2ccccc2)o1)Nc1ccc(N2CCCCC2)cc1. The standard InChI is InChI=1S/C24H27N3O2/c28-23(26-20-12-14-21(15-13-20)27-16-5-2-6-17-27)10-7-11-24-25-18-22(29-24)19-8-3-1-4-9-19/h1,3-4,8-9,12-15,18H,2,5-7,10-11,16-17H2,(H,26,28). The number of benzene rings is 2. The van der Waals surface area contributed by atoms with Gasteiger partial charge < -0.3 is 14.6 Å². The van der Waals surface area contributed by atoms with Gasteiger partial charge >= 0.3 is 0 Å². The number of carbonyl (C=O) groups is 1. The minimum Gasteiger partial charge on any atom is -0.441 e. The van der Waals surface area contributed by atoms with Crippen LogP contribution in [0.4, 0.5) is 11.4 Å². The molecule has 0 atom stereocenters. The van der Waals surface area contributed by atoms with Crippen LogP contribution in [0.2, 0.25) is 0 Å². The summed E-state index contributed by atoms with van der Waals surface area (Å²) in [5.74, 6) is 1.45. The number of piperidine rings is 1. The number of anilines is 2. The van der Waals surface area contributed by atoms with Gasteiger partial charge in [0.15, 0.2) is 11.7 Å². The fourth-order valence-electron chi connectivity index (χ4n) is 3.69. The second-order valence-corrected chi connectivity index (χ2v) is 7.48. The fraction of sp³-hybridized carbons (Fsp3) is 0.333. The Labute approximate surface area is 171 Å². The number of oxazole rings is 1. The highest BCUT2D eigenvalue weighted by Crippen LogP contribution is 2.22. The van der Waals surface area contributed by atoms with Crippen molar-refractivity contribution in [2.45, 2.75) is 38.5 Å². The molecule has 1 aromatic heterocycles. The van der Waals surface area contributed by atoms with Crippen LogP contribution in [0.15, 0.2) is 65.2 Å². The van der Waals surface area contributed by atoms with Crippen LogP contribution in [-0.2, 0) is 11.2 Å². The third kappa shape index (κ3) is 5.25. The van der Waals surface area contributed by atoms with Crippen molar-refractivity contribution in [3.05, 3.63) is 66.7 Å². The van der Waals surface area contributed by atoms with E-state index in [1.807, 2.05) is 42.5 Å². The highest BCUT2D eigenvalue weighted by molar-refractivity contribution is 5.90. The molecule has 0 saturated carbocycles. The van der Waals surface area contributed by atoms with E-state index in [0.29, 0.717) is 25.2 Å². The first-order valence-corrected chi connectivity index (χ1v) is 10.4. The zero-order valence-electron chi connectivity index (χ0n) is 16.6. The van der Waals surface area contributed by atoms with Gasteiger partial charge in [0.1, 0.15) is 0 Å². The van der Waals surface area contributed by atoms with E-state index in [9.17, 15) is 4.79 Å². The predicted molar refractivity (Wildman–Crippen MR) is 116 cm³/mol. The Morgan fingerprint density at radius 1 is 1.00 bits per heavy atom. The Morgan fingerprint density at radius 3 is 2.52 bits per heavy atom. The molecule has 4 rings (SSSR count). The first-order valence-electron chi connectivity index (χ1n) is 10.4. The number of rotatable bonds is 7. The number of aryl methyl sites for hydroxylation is 1. The average Bonchev–Trinajstić information content (AvgIpc) is 3.24. The van der Waals surface area contributed by atoms with Gasteiger partial charge in [-0.2, -0.15) is 0 Å². The highest BCUT2D eigenvalue weighted by atomic mass is 16.4. The second-order valence-electron chi connectivity index (χ2n) is 7.48. The van der Waals surface area contributed by atoms with E-state index in [4.69, 9.17) is 4.42 Å². The van der Waals surface area contributed by atoms with E-state index in [-0.39, 0.29) is 5.91 Å². The van der Waals surface area contributed by atoms with E-state index >= 15 is 0 Å². The molecule has 3 aromatic rings. The number of nitrogens with zero attached hydrogens (tertiary/aromatic N) is 2. The maximum atomic E-state index is 12.2. The van der Waals surface area contributed by atoms with E-state index in [1.165, 1.54) is 24.9 Å². The Morgan fingerprint density at radius 2 is 1.76 bits per heavy atom. The number of nitrogens with one attached hydrogen (secondary N) is 1. The third-order valence-corrected chi connectivity index (χ3v) is 5.28. The van der Waals surface area contributed by atoms with Gasteiger partial charge in [0.25, 0.3) is 0 Å². The lowest BCUT2D eigenvalue weighted by Crippen LogP contribution is -2.29. The number of hydrogen-bond acceptors (Lipinski definition) is 4. The maximum absolute atomic E-state index is 12.2.